The van der Waals surface area contributed by atoms with Gasteiger partial charge in [0.15, 0.2) is 11.6 Å². The van der Waals surface area contributed by atoms with Crippen LogP contribution in [0.5, 0.6) is 5.75 Å². The number of hydrogen-bond acceptors (Lipinski definition) is 6. The molecule has 30 heavy (non-hydrogen) atoms. The monoisotopic (exact) mass is 470 g/mol. The van der Waals surface area contributed by atoms with E-state index in [1.165, 1.54) is 0 Å². The number of methoxy groups -OCH3 is 1. The van der Waals surface area contributed by atoms with Crippen LogP contribution in [0.2, 0.25) is 0 Å². The highest BCUT2D eigenvalue weighted by atomic mass is 79.9. The largest absolute Gasteiger partial charge is 0.497 e. The molecule has 2 aromatic heterocycles. The molecule has 1 aromatic carbocycles. The first-order chi connectivity index (χ1) is 14.5. The molecule has 0 bridgehead atoms. The summed E-state index contributed by atoms with van der Waals surface area (Å²) in [4.78, 5) is 16.9. The summed E-state index contributed by atoms with van der Waals surface area (Å²) >= 11 is 3.47. The molecule has 156 valence electrons. The number of anilines is 1. The van der Waals surface area contributed by atoms with Crippen LogP contribution < -0.4 is 9.64 Å². The predicted molar refractivity (Wildman–Crippen MR) is 117 cm³/mol. The third-order valence-corrected chi connectivity index (χ3v) is 5.85. The molecule has 0 aliphatic carbocycles. The Morgan fingerprint density at radius 2 is 1.70 bits per heavy atom. The van der Waals surface area contributed by atoms with Gasteiger partial charge >= 0.3 is 0 Å². The number of hydrogen-bond donors (Lipinski definition) is 0. The van der Waals surface area contributed by atoms with Crippen molar-refractivity contribution in [2.45, 2.75) is 13.8 Å². The second-order valence-electron chi connectivity index (χ2n) is 7.21. The fourth-order valence-corrected chi connectivity index (χ4v) is 3.98. The van der Waals surface area contributed by atoms with Gasteiger partial charge in [-0.05, 0) is 66.2 Å². The molecule has 0 unspecified atom stereocenters. The van der Waals surface area contributed by atoms with Crippen molar-refractivity contribution in [1.29, 1.82) is 0 Å². The summed E-state index contributed by atoms with van der Waals surface area (Å²) in [5.41, 5.74) is 2.57. The van der Waals surface area contributed by atoms with Crippen LogP contribution in [-0.2, 0) is 0 Å². The number of aromatic nitrogens is 4. The third kappa shape index (κ3) is 4.02. The second-order valence-corrected chi connectivity index (χ2v) is 8.07. The molecular formula is C21H23BrN6O2. The third-order valence-electron chi connectivity index (χ3n) is 5.16. The van der Waals surface area contributed by atoms with Crippen molar-refractivity contribution >= 4 is 27.7 Å². The van der Waals surface area contributed by atoms with E-state index in [0.29, 0.717) is 43.3 Å². The maximum atomic E-state index is 13.0. The summed E-state index contributed by atoms with van der Waals surface area (Å²) in [6, 6.07) is 11.3. The Balaban J connectivity index is 1.42. The lowest BCUT2D eigenvalue weighted by Gasteiger charge is -2.35. The van der Waals surface area contributed by atoms with E-state index in [1.54, 1.807) is 17.9 Å². The van der Waals surface area contributed by atoms with Gasteiger partial charge in [0, 0.05) is 36.3 Å². The maximum absolute atomic E-state index is 13.0. The second kappa shape index (κ2) is 8.43. The van der Waals surface area contributed by atoms with E-state index < -0.39 is 0 Å². The van der Waals surface area contributed by atoms with Crippen LogP contribution in [0, 0.1) is 13.8 Å². The van der Waals surface area contributed by atoms with Crippen LogP contribution in [0.15, 0.2) is 40.9 Å². The van der Waals surface area contributed by atoms with Crippen molar-refractivity contribution in [2.75, 3.05) is 38.2 Å². The number of carbonyl (C=O) groups is 1. The van der Waals surface area contributed by atoms with Crippen molar-refractivity contribution in [1.82, 2.24) is 24.9 Å². The Morgan fingerprint density at radius 3 is 2.30 bits per heavy atom. The molecule has 9 heteroatoms. The minimum absolute atomic E-state index is 0.00798. The minimum atomic E-state index is -0.00798. The van der Waals surface area contributed by atoms with Crippen molar-refractivity contribution in [3.8, 4) is 11.6 Å². The van der Waals surface area contributed by atoms with Gasteiger partial charge in [0.05, 0.1) is 18.4 Å². The van der Waals surface area contributed by atoms with E-state index in [2.05, 4.69) is 36.1 Å². The molecule has 1 aliphatic heterocycles. The number of piperazine rings is 1. The van der Waals surface area contributed by atoms with Crippen molar-refractivity contribution in [2.24, 2.45) is 0 Å². The first-order valence-electron chi connectivity index (χ1n) is 9.71. The minimum Gasteiger partial charge on any atom is -0.497 e. The van der Waals surface area contributed by atoms with Gasteiger partial charge in [-0.2, -0.15) is 5.10 Å². The summed E-state index contributed by atoms with van der Waals surface area (Å²) in [5, 5.41) is 13.2. The molecule has 8 nitrogen and oxygen atoms in total. The Labute approximate surface area is 183 Å². The van der Waals surface area contributed by atoms with Gasteiger partial charge < -0.3 is 14.5 Å². The zero-order chi connectivity index (χ0) is 21.3. The van der Waals surface area contributed by atoms with E-state index >= 15 is 0 Å². The smallest absolute Gasteiger partial charge is 0.255 e. The van der Waals surface area contributed by atoms with Gasteiger partial charge in [-0.25, -0.2) is 4.68 Å². The van der Waals surface area contributed by atoms with E-state index in [4.69, 9.17) is 4.74 Å². The molecule has 0 radical (unpaired) electrons. The highest BCUT2D eigenvalue weighted by molar-refractivity contribution is 9.10. The number of halogens is 1. The van der Waals surface area contributed by atoms with Crippen LogP contribution in [0.3, 0.4) is 0 Å². The summed E-state index contributed by atoms with van der Waals surface area (Å²) in [6.07, 6.45) is 0. The fraction of sp³-hybridized carbons (Fsp3) is 0.333. The van der Waals surface area contributed by atoms with Gasteiger partial charge in [0.25, 0.3) is 5.91 Å². The summed E-state index contributed by atoms with van der Waals surface area (Å²) in [7, 11) is 1.59. The van der Waals surface area contributed by atoms with Gasteiger partial charge in [-0.3, -0.25) is 4.79 Å². The van der Waals surface area contributed by atoms with E-state index in [1.807, 2.05) is 49.1 Å². The van der Waals surface area contributed by atoms with Gasteiger partial charge in [-0.15, -0.1) is 10.2 Å². The molecule has 0 saturated carbocycles. The molecular weight excluding hydrogens is 448 g/mol. The van der Waals surface area contributed by atoms with E-state index in [9.17, 15) is 4.79 Å². The standard InChI is InChI=1S/C21H23BrN6O2/c1-14-12-15(2)28(25-14)20-7-6-19(23-24-20)26-8-10-27(11-9-26)21(29)17-13-16(30-3)4-5-18(17)22/h4-7,12-13H,8-11H2,1-3H3. The molecule has 3 aromatic rings. The quantitative estimate of drug-likeness (QED) is 0.583. The van der Waals surface area contributed by atoms with Crippen LogP contribution in [-0.4, -0.2) is 64.1 Å². The number of nitrogens with zero attached hydrogens (tertiary/aromatic N) is 6. The fourth-order valence-electron chi connectivity index (χ4n) is 3.56. The Morgan fingerprint density at radius 1 is 1.00 bits per heavy atom. The molecule has 3 heterocycles. The van der Waals surface area contributed by atoms with Crippen LogP contribution in [0.4, 0.5) is 5.82 Å². The highest BCUT2D eigenvalue weighted by Crippen LogP contribution is 2.25. The predicted octanol–water partition coefficient (Wildman–Crippen LogP) is 3.01. The lowest BCUT2D eigenvalue weighted by molar-refractivity contribution is 0.0745. The number of amides is 1. The SMILES string of the molecule is COc1ccc(Br)c(C(=O)N2CCN(c3ccc(-n4nc(C)cc4C)nn3)CC2)c1. The molecule has 4 rings (SSSR count). The number of rotatable bonds is 4. The lowest BCUT2D eigenvalue weighted by atomic mass is 10.1. The van der Waals surface area contributed by atoms with Crippen LogP contribution in [0.1, 0.15) is 21.7 Å². The van der Waals surface area contributed by atoms with Crippen molar-refractivity contribution in [3.05, 3.63) is 57.8 Å². The summed E-state index contributed by atoms with van der Waals surface area (Å²) in [5.74, 6) is 2.15. The Bertz CT molecular complexity index is 1060. The molecule has 0 N–H and O–H groups in total. The number of benzene rings is 1. The molecule has 1 saturated heterocycles. The summed E-state index contributed by atoms with van der Waals surface area (Å²) < 4.78 is 7.80. The summed E-state index contributed by atoms with van der Waals surface area (Å²) in [6.45, 7) is 6.57. The van der Waals surface area contributed by atoms with E-state index in [-0.39, 0.29) is 5.91 Å². The normalized spacial score (nSPS) is 14.1. The first-order valence-corrected chi connectivity index (χ1v) is 10.5. The van der Waals surface area contributed by atoms with Crippen molar-refractivity contribution in [3.63, 3.8) is 0 Å². The van der Waals surface area contributed by atoms with Gasteiger partial charge in [-0.1, -0.05) is 0 Å². The maximum Gasteiger partial charge on any atom is 0.255 e. The van der Waals surface area contributed by atoms with Gasteiger partial charge in [0.1, 0.15) is 5.75 Å². The number of aryl methyl sites for hydroxylation is 2. The van der Waals surface area contributed by atoms with Gasteiger partial charge in [0.2, 0.25) is 0 Å². The van der Waals surface area contributed by atoms with E-state index in [0.717, 1.165) is 21.7 Å². The zero-order valence-corrected chi connectivity index (χ0v) is 18.8. The molecule has 1 fully saturated rings. The topological polar surface area (TPSA) is 76.4 Å². The Hall–Kier alpha value is -2.94. The first kappa shape index (κ1) is 20.3. The average molecular weight is 471 g/mol. The zero-order valence-electron chi connectivity index (χ0n) is 17.2. The molecule has 1 aliphatic rings. The lowest BCUT2D eigenvalue weighted by Crippen LogP contribution is -2.49. The molecule has 0 atom stereocenters. The van der Waals surface area contributed by atoms with Crippen LogP contribution in [0.25, 0.3) is 5.82 Å². The number of ether oxygens (including phenoxy) is 1. The highest BCUT2D eigenvalue weighted by Gasteiger charge is 2.24. The molecule has 0 spiro atoms. The number of carbonyl (C=O) groups excluding carboxylic acids is 1. The van der Waals surface area contributed by atoms with Crippen LogP contribution >= 0.6 is 15.9 Å². The molecule has 1 amide bonds. The average Bonchev–Trinajstić information content (AvgIpc) is 3.12. The van der Waals surface area contributed by atoms with Crippen molar-refractivity contribution < 1.29 is 9.53 Å². The Kier molecular flexibility index (Phi) is 5.72.